The first-order valence-electron chi connectivity index (χ1n) is 5.33. The van der Waals surface area contributed by atoms with E-state index in [0.717, 1.165) is 18.4 Å². The molecular weight excluding hydrogens is 176 g/mol. The van der Waals surface area contributed by atoms with E-state index in [9.17, 15) is 4.79 Å². The molecule has 14 heavy (non-hydrogen) atoms. The molecule has 0 unspecified atom stereocenters. The highest BCUT2D eigenvalue weighted by atomic mass is 16.5. The zero-order valence-corrected chi connectivity index (χ0v) is 9.38. The second kappa shape index (κ2) is 4.63. The molecule has 0 saturated heterocycles. The van der Waals surface area contributed by atoms with Gasteiger partial charge in [-0.2, -0.15) is 0 Å². The normalized spacial score (nSPS) is 32.4. The quantitative estimate of drug-likeness (QED) is 0.501. The standard InChI is InChI=1S/C12H20O2/c1-8(2)11-6-5-9(3)7-12(11)14-10(4)13/h9,11-12H,1,5-7H2,2-4H3/t9-,11-,12-/m1/s1. The van der Waals surface area contributed by atoms with Crippen LogP contribution in [0.15, 0.2) is 12.2 Å². The van der Waals surface area contributed by atoms with Crippen LogP contribution in [-0.2, 0) is 9.53 Å². The zero-order valence-electron chi connectivity index (χ0n) is 9.38. The topological polar surface area (TPSA) is 26.3 Å². The molecule has 1 rings (SSSR count). The molecule has 2 heteroatoms. The lowest BCUT2D eigenvalue weighted by atomic mass is 9.78. The van der Waals surface area contributed by atoms with E-state index in [0.29, 0.717) is 11.8 Å². The summed E-state index contributed by atoms with van der Waals surface area (Å²) in [6, 6.07) is 0. The van der Waals surface area contributed by atoms with Gasteiger partial charge < -0.3 is 4.74 Å². The van der Waals surface area contributed by atoms with Gasteiger partial charge in [0.1, 0.15) is 6.10 Å². The van der Waals surface area contributed by atoms with Crippen molar-refractivity contribution in [2.45, 2.75) is 46.1 Å². The minimum absolute atomic E-state index is 0.0637. The van der Waals surface area contributed by atoms with Gasteiger partial charge in [0.2, 0.25) is 0 Å². The van der Waals surface area contributed by atoms with E-state index in [1.807, 2.05) is 6.92 Å². The molecule has 0 spiro atoms. The Balaban J connectivity index is 2.63. The second-order valence-electron chi connectivity index (χ2n) is 4.52. The Hall–Kier alpha value is -0.790. The third-order valence-corrected chi connectivity index (χ3v) is 3.00. The monoisotopic (exact) mass is 196 g/mol. The lowest BCUT2D eigenvalue weighted by molar-refractivity contribution is -0.150. The molecule has 0 bridgehead atoms. The fourth-order valence-electron chi connectivity index (χ4n) is 2.24. The summed E-state index contributed by atoms with van der Waals surface area (Å²) in [5.41, 5.74) is 1.14. The third kappa shape index (κ3) is 2.86. The van der Waals surface area contributed by atoms with Gasteiger partial charge in [-0.1, -0.05) is 19.1 Å². The SMILES string of the molecule is C=C(C)[C@H]1CC[C@@H](C)C[C@H]1OC(C)=O. The van der Waals surface area contributed by atoms with Crippen LogP contribution in [0, 0.1) is 11.8 Å². The van der Waals surface area contributed by atoms with Crippen molar-refractivity contribution in [2.24, 2.45) is 11.8 Å². The Morgan fingerprint density at radius 1 is 1.36 bits per heavy atom. The van der Waals surface area contributed by atoms with Crippen LogP contribution < -0.4 is 0 Å². The lowest BCUT2D eigenvalue weighted by Crippen LogP contribution is -2.32. The van der Waals surface area contributed by atoms with Crippen molar-refractivity contribution in [1.29, 1.82) is 0 Å². The average molecular weight is 196 g/mol. The summed E-state index contributed by atoms with van der Waals surface area (Å²) in [6.07, 6.45) is 3.37. The number of carbonyl (C=O) groups is 1. The molecule has 1 saturated carbocycles. The highest BCUT2D eigenvalue weighted by Crippen LogP contribution is 2.34. The Bertz CT molecular complexity index is 232. The molecule has 0 aromatic heterocycles. The Kier molecular flexibility index (Phi) is 3.73. The van der Waals surface area contributed by atoms with Gasteiger partial charge in [0.25, 0.3) is 0 Å². The van der Waals surface area contributed by atoms with Crippen LogP contribution >= 0.6 is 0 Å². The molecular formula is C12H20O2. The number of rotatable bonds is 2. The summed E-state index contributed by atoms with van der Waals surface area (Å²) < 4.78 is 5.34. The molecule has 0 heterocycles. The van der Waals surface area contributed by atoms with Crippen LogP contribution in [0.5, 0.6) is 0 Å². The zero-order chi connectivity index (χ0) is 10.7. The van der Waals surface area contributed by atoms with Crippen LogP contribution in [-0.4, -0.2) is 12.1 Å². The van der Waals surface area contributed by atoms with Gasteiger partial charge in [-0.15, -0.1) is 0 Å². The summed E-state index contributed by atoms with van der Waals surface area (Å²) in [4.78, 5) is 10.9. The Morgan fingerprint density at radius 2 is 2.00 bits per heavy atom. The minimum Gasteiger partial charge on any atom is -0.462 e. The van der Waals surface area contributed by atoms with Crippen LogP contribution in [0.2, 0.25) is 0 Å². The molecule has 1 aliphatic rings. The molecule has 1 aliphatic carbocycles. The summed E-state index contributed by atoms with van der Waals surface area (Å²) in [7, 11) is 0. The first-order chi connectivity index (χ1) is 6.50. The fraction of sp³-hybridized carbons (Fsp3) is 0.750. The number of hydrogen-bond acceptors (Lipinski definition) is 2. The van der Waals surface area contributed by atoms with Gasteiger partial charge in [-0.25, -0.2) is 0 Å². The number of esters is 1. The first kappa shape index (κ1) is 11.3. The van der Waals surface area contributed by atoms with E-state index < -0.39 is 0 Å². The van der Waals surface area contributed by atoms with E-state index in [-0.39, 0.29) is 12.1 Å². The molecule has 0 radical (unpaired) electrons. The molecule has 0 N–H and O–H groups in total. The number of hydrogen-bond donors (Lipinski definition) is 0. The Morgan fingerprint density at radius 3 is 2.50 bits per heavy atom. The second-order valence-corrected chi connectivity index (χ2v) is 4.52. The van der Waals surface area contributed by atoms with Gasteiger partial charge in [0.15, 0.2) is 0 Å². The van der Waals surface area contributed by atoms with E-state index in [1.54, 1.807) is 0 Å². The van der Waals surface area contributed by atoms with Gasteiger partial charge >= 0.3 is 5.97 Å². The molecule has 1 fully saturated rings. The van der Waals surface area contributed by atoms with Crippen molar-refractivity contribution in [3.05, 3.63) is 12.2 Å². The van der Waals surface area contributed by atoms with Crippen molar-refractivity contribution < 1.29 is 9.53 Å². The number of ether oxygens (including phenoxy) is 1. The molecule has 80 valence electrons. The maximum absolute atomic E-state index is 10.9. The maximum atomic E-state index is 10.9. The summed E-state index contributed by atoms with van der Waals surface area (Å²) >= 11 is 0. The lowest BCUT2D eigenvalue weighted by Gasteiger charge is -2.34. The van der Waals surface area contributed by atoms with Crippen molar-refractivity contribution in [3.8, 4) is 0 Å². The van der Waals surface area contributed by atoms with Crippen LogP contribution in [0.3, 0.4) is 0 Å². The highest BCUT2D eigenvalue weighted by molar-refractivity contribution is 5.66. The molecule has 3 atom stereocenters. The fourth-order valence-corrected chi connectivity index (χ4v) is 2.24. The Labute approximate surface area is 86.3 Å². The van der Waals surface area contributed by atoms with E-state index in [2.05, 4.69) is 13.5 Å². The van der Waals surface area contributed by atoms with Crippen molar-refractivity contribution in [3.63, 3.8) is 0 Å². The van der Waals surface area contributed by atoms with Gasteiger partial charge in [0.05, 0.1) is 0 Å². The van der Waals surface area contributed by atoms with Crippen molar-refractivity contribution in [1.82, 2.24) is 0 Å². The van der Waals surface area contributed by atoms with Crippen molar-refractivity contribution >= 4 is 5.97 Å². The third-order valence-electron chi connectivity index (χ3n) is 3.00. The van der Waals surface area contributed by atoms with Crippen molar-refractivity contribution in [2.75, 3.05) is 0 Å². The number of carbonyl (C=O) groups excluding carboxylic acids is 1. The molecule has 0 aromatic carbocycles. The molecule has 2 nitrogen and oxygen atoms in total. The van der Waals surface area contributed by atoms with E-state index in [1.165, 1.54) is 13.3 Å². The van der Waals surface area contributed by atoms with Crippen LogP contribution in [0.1, 0.15) is 40.0 Å². The van der Waals surface area contributed by atoms with Gasteiger partial charge in [-0.3, -0.25) is 4.79 Å². The largest absolute Gasteiger partial charge is 0.462 e. The van der Waals surface area contributed by atoms with Gasteiger partial charge in [-0.05, 0) is 32.1 Å². The highest BCUT2D eigenvalue weighted by Gasteiger charge is 2.31. The summed E-state index contributed by atoms with van der Waals surface area (Å²) in [5.74, 6) is 0.861. The van der Waals surface area contributed by atoms with E-state index >= 15 is 0 Å². The average Bonchev–Trinajstić information content (AvgIpc) is 2.01. The minimum atomic E-state index is -0.171. The van der Waals surface area contributed by atoms with Gasteiger partial charge in [0, 0.05) is 12.8 Å². The molecule has 0 aliphatic heterocycles. The van der Waals surface area contributed by atoms with E-state index in [4.69, 9.17) is 4.74 Å². The first-order valence-corrected chi connectivity index (χ1v) is 5.33. The molecule has 0 aromatic rings. The predicted molar refractivity (Wildman–Crippen MR) is 56.9 cm³/mol. The summed E-state index contributed by atoms with van der Waals surface area (Å²) in [5, 5.41) is 0. The smallest absolute Gasteiger partial charge is 0.302 e. The predicted octanol–water partition coefficient (Wildman–Crippen LogP) is 2.93. The summed E-state index contributed by atoms with van der Waals surface area (Å²) in [6.45, 7) is 9.69. The molecule has 0 amide bonds. The van der Waals surface area contributed by atoms with Crippen LogP contribution in [0.25, 0.3) is 0 Å². The maximum Gasteiger partial charge on any atom is 0.302 e. The van der Waals surface area contributed by atoms with Crippen LogP contribution in [0.4, 0.5) is 0 Å².